The predicted molar refractivity (Wildman–Crippen MR) is 126 cm³/mol. The maximum Gasteiger partial charge on any atom is 1.00 e. The summed E-state index contributed by atoms with van der Waals surface area (Å²) in [6.45, 7) is 9.93. The van der Waals surface area contributed by atoms with Crippen molar-refractivity contribution in [3.63, 3.8) is 0 Å². The van der Waals surface area contributed by atoms with E-state index >= 15 is 0 Å². The van der Waals surface area contributed by atoms with Crippen LogP contribution in [0.5, 0.6) is 0 Å². The van der Waals surface area contributed by atoms with E-state index in [9.17, 15) is 14.7 Å². The average Bonchev–Trinajstić information content (AvgIpc) is 2.80. The molecule has 2 N–H and O–H groups in total. The third kappa shape index (κ3) is 7.43. The number of nitrogens with one attached hydrogen (secondary N) is 1. The van der Waals surface area contributed by atoms with E-state index < -0.39 is 12.0 Å². The zero-order valence-corrected chi connectivity index (χ0v) is 19.5. The SMILES string of the molecule is O=[C-]C1CN(C(C(=O)O)c2ccccc2)C1.[CH2-]CC(C[CH2-])Cc1ccc2c(n1)NCCC2.[Li+]. The normalized spacial score (nSPS) is 16.2. The minimum atomic E-state index is -0.879. The van der Waals surface area contributed by atoms with Crippen LogP contribution in [-0.4, -0.2) is 46.9 Å². The molecule has 2 aromatic rings. The molecule has 0 spiro atoms. The summed E-state index contributed by atoms with van der Waals surface area (Å²) in [5.74, 6) is 0.644. The fourth-order valence-corrected chi connectivity index (χ4v) is 4.07. The van der Waals surface area contributed by atoms with Crippen molar-refractivity contribution in [3.8, 4) is 0 Å². The van der Waals surface area contributed by atoms with Crippen molar-refractivity contribution < 1.29 is 33.6 Å². The van der Waals surface area contributed by atoms with E-state index in [1.807, 2.05) is 24.5 Å². The molecule has 2 aliphatic rings. The Morgan fingerprint density at radius 3 is 2.48 bits per heavy atom. The first-order valence-corrected chi connectivity index (χ1v) is 11.3. The van der Waals surface area contributed by atoms with Gasteiger partial charge in [0.2, 0.25) is 0 Å². The molecule has 4 rings (SSSR count). The van der Waals surface area contributed by atoms with Gasteiger partial charge >= 0.3 is 24.8 Å². The van der Waals surface area contributed by atoms with Crippen LogP contribution in [-0.2, 0) is 22.4 Å². The molecule has 33 heavy (non-hydrogen) atoms. The van der Waals surface area contributed by atoms with Crippen LogP contribution in [0.2, 0.25) is 0 Å². The van der Waals surface area contributed by atoms with Crippen molar-refractivity contribution in [3.05, 3.63) is 73.1 Å². The van der Waals surface area contributed by atoms with Crippen LogP contribution in [0.3, 0.4) is 0 Å². The van der Waals surface area contributed by atoms with E-state index in [1.165, 1.54) is 17.7 Å². The van der Waals surface area contributed by atoms with E-state index in [-0.39, 0.29) is 24.8 Å². The Hall–Kier alpha value is -2.13. The molecule has 0 amide bonds. The second-order valence-corrected chi connectivity index (χ2v) is 8.41. The van der Waals surface area contributed by atoms with Crippen LogP contribution in [0.4, 0.5) is 5.82 Å². The Morgan fingerprint density at radius 2 is 1.88 bits per heavy atom. The van der Waals surface area contributed by atoms with Crippen molar-refractivity contribution in [1.29, 1.82) is 0 Å². The monoisotopic (exact) mass is 441 g/mol. The minimum Gasteiger partial charge on any atom is -0.541 e. The van der Waals surface area contributed by atoms with Gasteiger partial charge < -0.3 is 29.1 Å². The number of aromatic nitrogens is 1. The second kappa shape index (κ2) is 13.5. The number of carboxylic acids is 1. The number of aryl methyl sites for hydroxylation is 1. The molecule has 3 heterocycles. The first-order chi connectivity index (χ1) is 15.5. The van der Waals surface area contributed by atoms with E-state index in [1.54, 1.807) is 17.0 Å². The summed E-state index contributed by atoms with van der Waals surface area (Å²) < 4.78 is 0. The number of carbonyl (C=O) groups excluding carboxylic acids is 1. The number of likely N-dealkylation sites (tertiary alicyclic amines) is 1. The fourth-order valence-electron chi connectivity index (χ4n) is 4.07. The van der Waals surface area contributed by atoms with Gasteiger partial charge in [-0.05, 0) is 49.5 Å². The maximum absolute atomic E-state index is 11.2. The van der Waals surface area contributed by atoms with Crippen LogP contribution in [0.15, 0.2) is 42.5 Å². The topological polar surface area (TPSA) is 82.5 Å². The summed E-state index contributed by atoms with van der Waals surface area (Å²) in [7, 11) is 0. The minimum absolute atomic E-state index is 0. The summed E-state index contributed by atoms with van der Waals surface area (Å²) in [5.41, 5.74) is 3.28. The van der Waals surface area contributed by atoms with Gasteiger partial charge in [0.1, 0.15) is 11.9 Å². The average molecular weight is 442 g/mol. The molecule has 1 aromatic heterocycles. The number of hydrogen-bond donors (Lipinski definition) is 2. The Kier molecular flexibility index (Phi) is 11.1. The summed E-state index contributed by atoms with van der Waals surface area (Å²) in [6.07, 6.45) is 7.15. The number of aliphatic carboxylic acids is 1. The molecule has 1 aromatic carbocycles. The van der Waals surface area contributed by atoms with Crippen LogP contribution >= 0.6 is 0 Å². The first-order valence-electron chi connectivity index (χ1n) is 11.3. The predicted octanol–water partition coefficient (Wildman–Crippen LogP) is 0.905. The van der Waals surface area contributed by atoms with Gasteiger partial charge in [-0.25, -0.2) is 4.98 Å². The molecule has 7 heteroatoms. The van der Waals surface area contributed by atoms with Crippen LogP contribution in [0.1, 0.15) is 42.1 Å². The van der Waals surface area contributed by atoms with Gasteiger partial charge in [0.25, 0.3) is 0 Å². The Balaban J connectivity index is 0.000000227. The molecule has 1 saturated heterocycles. The third-order valence-electron chi connectivity index (χ3n) is 6.06. The van der Waals surface area contributed by atoms with Crippen molar-refractivity contribution in [1.82, 2.24) is 9.88 Å². The van der Waals surface area contributed by atoms with Crippen molar-refractivity contribution in [2.75, 3.05) is 25.0 Å². The summed E-state index contributed by atoms with van der Waals surface area (Å²) >= 11 is 0. The smallest absolute Gasteiger partial charge is 0.541 e. The zero-order chi connectivity index (χ0) is 22.9. The summed E-state index contributed by atoms with van der Waals surface area (Å²) in [6, 6.07) is 12.8. The van der Waals surface area contributed by atoms with Gasteiger partial charge in [-0.3, -0.25) is 16.0 Å². The number of pyridine rings is 1. The standard InChI is InChI=1S/C14H20N2.C12H12NO3.Li/c1-3-11(4-2)10-13-8-7-12-6-5-9-15-14(12)16-13;14-8-9-6-13(7-9)11(12(15)16)10-4-2-1-3-5-10;/h7-8,11H,1-6,9-10H2,(H,15,16);1-5,9,11H,6-7H2,(H,15,16);/q-2;-1;+1. The maximum atomic E-state index is 11.2. The quantitative estimate of drug-likeness (QED) is 0.468. The van der Waals surface area contributed by atoms with E-state index in [4.69, 9.17) is 0 Å². The summed E-state index contributed by atoms with van der Waals surface area (Å²) in [5, 5.41) is 12.6. The van der Waals surface area contributed by atoms with E-state index in [2.05, 4.69) is 36.3 Å². The Labute approximate surface area is 209 Å². The van der Waals surface area contributed by atoms with Gasteiger partial charge in [0.15, 0.2) is 0 Å². The number of carboxylic acid groups (broad SMARTS) is 1. The zero-order valence-electron chi connectivity index (χ0n) is 19.5. The molecule has 0 bridgehead atoms. The fraction of sp³-hybridized carbons (Fsp3) is 0.423. The van der Waals surface area contributed by atoms with Crippen LogP contribution in [0, 0.1) is 25.7 Å². The second-order valence-electron chi connectivity index (χ2n) is 8.41. The molecule has 0 aliphatic carbocycles. The molecule has 6 nitrogen and oxygen atoms in total. The summed E-state index contributed by atoms with van der Waals surface area (Å²) in [4.78, 5) is 28.0. The van der Waals surface area contributed by atoms with Gasteiger partial charge in [-0.2, -0.15) is 12.8 Å². The molecule has 1 unspecified atom stereocenters. The third-order valence-corrected chi connectivity index (χ3v) is 6.06. The molecule has 172 valence electrons. The molecule has 2 aliphatic heterocycles. The van der Waals surface area contributed by atoms with E-state index in [0.29, 0.717) is 19.0 Å². The van der Waals surface area contributed by atoms with Gasteiger partial charge in [-0.15, -0.1) is 5.92 Å². The van der Waals surface area contributed by atoms with Crippen LogP contribution < -0.4 is 24.2 Å². The number of anilines is 1. The van der Waals surface area contributed by atoms with Crippen LogP contribution in [0.25, 0.3) is 0 Å². The van der Waals surface area contributed by atoms with E-state index in [0.717, 1.165) is 43.6 Å². The van der Waals surface area contributed by atoms with Gasteiger partial charge in [0, 0.05) is 12.2 Å². The largest absolute Gasteiger partial charge is 1.00 e. The van der Waals surface area contributed by atoms with Crippen molar-refractivity contribution >= 4 is 18.1 Å². The molecule has 1 atom stereocenters. The number of nitrogens with zero attached hydrogens (tertiary/aromatic N) is 2. The number of fused-ring (bicyclic) bond motifs is 1. The number of hydrogen-bond acceptors (Lipinski definition) is 5. The number of benzene rings is 1. The molecule has 1 fully saturated rings. The number of rotatable bonds is 8. The molecular formula is C26H32LiN3O3-2. The van der Waals surface area contributed by atoms with Crippen molar-refractivity contribution in [2.45, 2.75) is 38.1 Å². The van der Waals surface area contributed by atoms with Gasteiger partial charge in [0.05, 0.1) is 0 Å². The molecular weight excluding hydrogens is 409 g/mol. The van der Waals surface area contributed by atoms with Crippen molar-refractivity contribution in [2.24, 2.45) is 11.8 Å². The number of carbonyl (C=O) groups is 1. The molecule has 0 radical (unpaired) electrons. The Bertz CT molecular complexity index is 884. The Morgan fingerprint density at radius 1 is 1.18 bits per heavy atom. The first kappa shape index (κ1) is 27.1. The van der Waals surface area contributed by atoms with Gasteiger partial charge in [-0.1, -0.05) is 42.3 Å². The molecule has 0 saturated carbocycles.